The number of nitrogens with two attached hydrogens (primary N) is 1. The Morgan fingerprint density at radius 1 is 1.50 bits per heavy atom. The van der Waals surface area contributed by atoms with Gasteiger partial charge in [-0.3, -0.25) is 4.79 Å². The van der Waals surface area contributed by atoms with E-state index in [1.807, 2.05) is 0 Å². The lowest BCUT2D eigenvalue weighted by molar-refractivity contribution is -0.126. The van der Waals surface area contributed by atoms with Crippen LogP contribution in [0.25, 0.3) is 0 Å². The van der Waals surface area contributed by atoms with Crippen molar-refractivity contribution in [1.82, 2.24) is 4.90 Å². The summed E-state index contributed by atoms with van der Waals surface area (Å²) in [5.41, 5.74) is 7.00. The molecule has 0 fully saturated rings. The number of benzene rings is 1. The first-order valence-corrected chi connectivity index (χ1v) is 4.91. The van der Waals surface area contributed by atoms with Gasteiger partial charge in [0.25, 0.3) is 0 Å². The van der Waals surface area contributed by atoms with Crippen LogP contribution in [0.2, 0.25) is 0 Å². The molecule has 88 valence electrons. The third-order valence-corrected chi connectivity index (χ3v) is 2.26. The van der Waals surface area contributed by atoms with Crippen LogP contribution in [-0.4, -0.2) is 31.4 Å². The second kappa shape index (κ2) is 4.83. The Balaban J connectivity index is 2.75. The molecule has 0 bridgehead atoms. The van der Waals surface area contributed by atoms with E-state index in [-0.39, 0.29) is 18.3 Å². The molecule has 0 heterocycles. The smallest absolute Gasteiger partial charge is 0.241 e. The van der Waals surface area contributed by atoms with Crippen LogP contribution in [0.3, 0.4) is 0 Å². The Morgan fingerprint density at radius 2 is 2.12 bits per heavy atom. The van der Waals surface area contributed by atoms with Gasteiger partial charge >= 0.3 is 0 Å². The number of nitrogens with zero attached hydrogens (tertiary/aromatic N) is 1. The fourth-order valence-corrected chi connectivity index (χ4v) is 1.18. The summed E-state index contributed by atoms with van der Waals surface area (Å²) >= 11 is 0. The number of rotatable bonds is 3. The summed E-state index contributed by atoms with van der Waals surface area (Å²) < 4.78 is 13.1. The highest BCUT2D eigenvalue weighted by Crippen LogP contribution is 2.22. The third-order valence-electron chi connectivity index (χ3n) is 2.26. The first-order valence-electron chi connectivity index (χ1n) is 4.91. The first kappa shape index (κ1) is 12.3. The van der Waals surface area contributed by atoms with Crippen molar-refractivity contribution in [3.05, 3.63) is 23.5 Å². The highest BCUT2D eigenvalue weighted by molar-refractivity contribution is 5.82. The summed E-state index contributed by atoms with van der Waals surface area (Å²) in [5, 5.41) is 2.88. The molecule has 1 aromatic rings. The van der Waals surface area contributed by atoms with Gasteiger partial charge in [-0.1, -0.05) is 0 Å². The van der Waals surface area contributed by atoms with Gasteiger partial charge in [-0.15, -0.1) is 0 Å². The molecular formula is C11H16FN3O. The van der Waals surface area contributed by atoms with E-state index in [9.17, 15) is 9.18 Å². The molecule has 1 rings (SSSR count). The molecule has 0 aliphatic carbocycles. The highest BCUT2D eigenvalue weighted by atomic mass is 19.1. The molecule has 0 radical (unpaired) electrons. The van der Waals surface area contributed by atoms with Gasteiger partial charge in [0.1, 0.15) is 5.82 Å². The van der Waals surface area contributed by atoms with E-state index in [1.54, 1.807) is 27.1 Å². The Kier molecular flexibility index (Phi) is 3.71. The van der Waals surface area contributed by atoms with Gasteiger partial charge in [0, 0.05) is 14.1 Å². The Morgan fingerprint density at radius 3 is 2.69 bits per heavy atom. The molecule has 1 aromatic carbocycles. The summed E-state index contributed by atoms with van der Waals surface area (Å²) in [7, 11) is 3.34. The lowest BCUT2D eigenvalue weighted by Gasteiger charge is -2.13. The summed E-state index contributed by atoms with van der Waals surface area (Å²) in [4.78, 5) is 12.8. The maximum Gasteiger partial charge on any atom is 0.241 e. The van der Waals surface area contributed by atoms with Crippen LogP contribution >= 0.6 is 0 Å². The first-order chi connectivity index (χ1) is 7.41. The van der Waals surface area contributed by atoms with E-state index >= 15 is 0 Å². The van der Waals surface area contributed by atoms with E-state index in [2.05, 4.69) is 5.32 Å². The zero-order chi connectivity index (χ0) is 12.3. The third kappa shape index (κ3) is 2.85. The summed E-state index contributed by atoms with van der Waals surface area (Å²) in [6.07, 6.45) is 0. The van der Waals surface area contributed by atoms with Crippen molar-refractivity contribution in [2.45, 2.75) is 6.92 Å². The van der Waals surface area contributed by atoms with E-state index in [4.69, 9.17) is 5.73 Å². The average Bonchev–Trinajstić information content (AvgIpc) is 2.20. The number of hydrogen-bond acceptors (Lipinski definition) is 3. The van der Waals surface area contributed by atoms with Crippen molar-refractivity contribution in [2.24, 2.45) is 0 Å². The van der Waals surface area contributed by atoms with Gasteiger partial charge in [-0.05, 0) is 24.6 Å². The van der Waals surface area contributed by atoms with Crippen LogP contribution in [-0.2, 0) is 4.79 Å². The Hall–Kier alpha value is -1.78. The van der Waals surface area contributed by atoms with Gasteiger partial charge < -0.3 is 16.0 Å². The molecule has 0 saturated carbocycles. The van der Waals surface area contributed by atoms with Crippen LogP contribution in [0.5, 0.6) is 0 Å². The molecular weight excluding hydrogens is 209 g/mol. The second-order valence-corrected chi connectivity index (χ2v) is 3.83. The number of likely N-dealkylation sites (N-methyl/N-ethyl adjacent to an activating group) is 1. The van der Waals surface area contributed by atoms with Crippen molar-refractivity contribution >= 4 is 17.3 Å². The van der Waals surface area contributed by atoms with Crippen LogP contribution in [0.15, 0.2) is 12.1 Å². The van der Waals surface area contributed by atoms with Crippen molar-refractivity contribution in [2.75, 3.05) is 31.7 Å². The molecule has 0 saturated heterocycles. The number of nitrogen functional groups attached to an aromatic ring is 1. The fraction of sp³-hybridized carbons (Fsp3) is 0.364. The predicted molar refractivity (Wildman–Crippen MR) is 62.7 cm³/mol. The van der Waals surface area contributed by atoms with Crippen LogP contribution in [0.1, 0.15) is 5.56 Å². The Bertz CT molecular complexity index is 404. The van der Waals surface area contributed by atoms with Crippen LogP contribution in [0, 0.1) is 12.7 Å². The van der Waals surface area contributed by atoms with E-state index < -0.39 is 0 Å². The minimum atomic E-state index is -0.345. The molecule has 0 spiro atoms. The van der Waals surface area contributed by atoms with Crippen molar-refractivity contribution in [3.63, 3.8) is 0 Å². The molecule has 16 heavy (non-hydrogen) atoms. The van der Waals surface area contributed by atoms with Crippen molar-refractivity contribution < 1.29 is 9.18 Å². The number of carbonyl (C=O) groups is 1. The number of hydrogen-bond donors (Lipinski definition) is 2. The van der Waals surface area contributed by atoms with Crippen molar-refractivity contribution in [3.8, 4) is 0 Å². The number of nitrogens with one attached hydrogen (secondary N) is 1. The molecule has 0 unspecified atom stereocenters. The highest BCUT2D eigenvalue weighted by Gasteiger charge is 2.07. The topological polar surface area (TPSA) is 58.4 Å². The number of amides is 1. The average molecular weight is 225 g/mol. The summed E-state index contributed by atoms with van der Waals surface area (Å²) in [5.74, 6) is -0.414. The molecule has 0 aliphatic heterocycles. The van der Waals surface area contributed by atoms with Gasteiger partial charge in [-0.2, -0.15) is 0 Å². The van der Waals surface area contributed by atoms with E-state index in [0.717, 1.165) is 0 Å². The van der Waals surface area contributed by atoms with Gasteiger partial charge in [0.2, 0.25) is 5.91 Å². The molecule has 1 amide bonds. The predicted octanol–water partition coefficient (Wildman–Crippen LogP) is 1.22. The number of halogens is 1. The quantitative estimate of drug-likeness (QED) is 0.760. The van der Waals surface area contributed by atoms with Crippen molar-refractivity contribution in [1.29, 1.82) is 0 Å². The number of carbonyl (C=O) groups excluding carboxylic acids is 1. The van der Waals surface area contributed by atoms with Gasteiger partial charge in [0.15, 0.2) is 0 Å². The van der Waals surface area contributed by atoms with Crippen LogP contribution < -0.4 is 11.1 Å². The van der Waals surface area contributed by atoms with Gasteiger partial charge in [-0.25, -0.2) is 4.39 Å². The van der Waals surface area contributed by atoms with Crippen LogP contribution in [0.4, 0.5) is 15.8 Å². The molecule has 0 aromatic heterocycles. The lowest BCUT2D eigenvalue weighted by atomic mass is 10.2. The zero-order valence-corrected chi connectivity index (χ0v) is 9.67. The maximum absolute atomic E-state index is 13.1. The summed E-state index contributed by atoms with van der Waals surface area (Å²) in [6.45, 7) is 1.79. The maximum atomic E-state index is 13.1. The minimum absolute atomic E-state index is 0.0682. The largest absolute Gasteiger partial charge is 0.397 e. The standard InChI is InChI=1S/C11H16FN3O/c1-7-4-10(9(13)5-8(7)12)14-6-11(16)15(2)3/h4-5,14H,6,13H2,1-3H3. The molecule has 4 nitrogen and oxygen atoms in total. The Labute approximate surface area is 94.2 Å². The second-order valence-electron chi connectivity index (χ2n) is 3.83. The molecule has 5 heteroatoms. The normalized spacial score (nSPS) is 10.0. The molecule has 0 aliphatic rings. The number of aryl methyl sites for hydroxylation is 1. The lowest BCUT2D eigenvalue weighted by Crippen LogP contribution is -2.28. The zero-order valence-electron chi connectivity index (χ0n) is 9.67. The van der Waals surface area contributed by atoms with Gasteiger partial charge in [0.05, 0.1) is 17.9 Å². The monoisotopic (exact) mass is 225 g/mol. The fourth-order valence-electron chi connectivity index (χ4n) is 1.18. The SMILES string of the molecule is Cc1cc(NCC(=O)N(C)C)c(N)cc1F. The minimum Gasteiger partial charge on any atom is -0.397 e. The van der Waals surface area contributed by atoms with E-state index in [0.29, 0.717) is 16.9 Å². The molecule has 0 atom stereocenters. The number of anilines is 2. The van der Waals surface area contributed by atoms with E-state index in [1.165, 1.54) is 11.0 Å². The summed E-state index contributed by atoms with van der Waals surface area (Å²) in [6, 6.07) is 2.84. The molecule has 3 N–H and O–H groups in total.